The van der Waals surface area contributed by atoms with Crippen molar-refractivity contribution in [2.75, 3.05) is 23.7 Å². The maximum Gasteiger partial charge on any atom is 0.325 e. The van der Waals surface area contributed by atoms with E-state index in [0.29, 0.717) is 36.2 Å². The van der Waals surface area contributed by atoms with Crippen LogP contribution in [0.25, 0.3) is 0 Å². The average Bonchev–Trinajstić information content (AvgIpc) is 2.96. The van der Waals surface area contributed by atoms with Gasteiger partial charge in [0.15, 0.2) is 5.78 Å². The van der Waals surface area contributed by atoms with E-state index in [1.165, 1.54) is 4.31 Å². The minimum Gasteiger partial charge on any atom is -0.319 e. The molecule has 2 aromatic rings. The zero-order valence-electron chi connectivity index (χ0n) is 18.2. The van der Waals surface area contributed by atoms with E-state index in [2.05, 4.69) is 5.32 Å². The minimum atomic E-state index is -3.41. The number of anilines is 1. The van der Waals surface area contributed by atoms with Crippen molar-refractivity contribution in [3.63, 3.8) is 0 Å². The average molecular weight is 456 g/mol. The second kappa shape index (κ2) is 7.74. The van der Waals surface area contributed by atoms with E-state index in [-0.39, 0.29) is 12.3 Å². The number of ketones is 1. The highest BCUT2D eigenvalue weighted by atomic mass is 32.2. The lowest BCUT2D eigenvalue weighted by molar-refractivity contribution is -0.130. The molecule has 0 aliphatic carbocycles. The van der Waals surface area contributed by atoms with Gasteiger partial charge in [0.05, 0.1) is 18.5 Å². The number of Topliss-reactive ketones (excluding diaryl/α,β-unsaturated/α-hetero) is 1. The molecule has 1 atom stereocenters. The summed E-state index contributed by atoms with van der Waals surface area (Å²) < 4.78 is 25.4. The van der Waals surface area contributed by atoms with Gasteiger partial charge in [0.2, 0.25) is 10.0 Å². The summed E-state index contributed by atoms with van der Waals surface area (Å²) in [5, 5.41) is 2.71. The largest absolute Gasteiger partial charge is 0.325 e. The molecule has 0 spiro atoms. The number of amides is 3. The molecule has 168 valence electrons. The Labute approximate surface area is 187 Å². The third kappa shape index (κ3) is 3.77. The lowest BCUT2D eigenvalue weighted by Gasteiger charge is -2.29. The Morgan fingerprint density at radius 1 is 1.12 bits per heavy atom. The van der Waals surface area contributed by atoms with Crippen molar-refractivity contribution in [2.24, 2.45) is 0 Å². The van der Waals surface area contributed by atoms with Crippen molar-refractivity contribution >= 4 is 33.4 Å². The number of carbonyl (C=O) groups excluding carboxylic acids is 3. The van der Waals surface area contributed by atoms with Crippen LogP contribution in [0.5, 0.6) is 0 Å². The first-order valence-electron chi connectivity index (χ1n) is 10.4. The molecule has 0 radical (unpaired) electrons. The van der Waals surface area contributed by atoms with Crippen molar-refractivity contribution in [1.82, 2.24) is 10.2 Å². The molecule has 2 aromatic carbocycles. The van der Waals surface area contributed by atoms with Gasteiger partial charge in [0, 0.05) is 12.1 Å². The van der Waals surface area contributed by atoms with Gasteiger partial charge < -0.3 is 5.32 Å². The molecule has 2 heterocycles. The van der Waals surface area contributed by atoms with Crippen LogP contribution >= 0.6 is 0 Å². The SMILES string of the molecule is Cc1ccc([C@]2(C)NC(=O)N(CC(=O)c3ccc4c(c3)CCCN4S(C)(=O)=O)C2=O)cc1. The van der Waals surface area contributed by atoms with Crippen LogP contribution in [0.3, 0.4) is 0 Å². The van der Waals surface area contributed by atoms with Crippen molar-refractivity contribution in [3.8, 4) is 0 Å². The van der Waals surface area contributed by atoms with E-state index in [1.807, 2.05) is 19.1 Å². The molecule has 0 aromatic heterocycles. The fourth-order valence-corrected chi connectivity index (χ4v) is 5.23. The van der Waals surface area contributed by atoms with Crippen LogP contribution < -0.4 is 9.62 Å². The Hall–Kier alpha value is -3.20. The van der Waals surface area contributed by atoms with Gasteiger partial charge in [0.1, 0.15) is 5.54 Å². The summed E-state index contributed by atoms with van der Waals surface area (Å²) in [6, 6.07) is 11.5. The maximum absolute atomic E-state index is 13.1. The Kier molecular flexibility index (Phi) is 5.32. The van der Waals surface area contributed by atoms with Crippen LogP contribution in [0, 0.1) is 6.92 Å². The van der Waals surface area contributed by atoms with Crippen LogP contribution in [0.4, 0.5) is 10.5 Å². The number of carbonyl (C=O) groups is 3. The number of fused-ring (bicyclic) bond motifs is 1. The van der Waals surface area contributed by atoms with Gasteiger partial charge in [-0.05, 0) is 56.0 Å². The van der Waals surface area contributed by atoms with Crippen LogP contribution in [-0.2, 0) is 26.8 Å². The second-order valence-electron chi connectivity index (χ2n) is 8.52. The van der Waals surface area contributed by atoms with Crippen molar-refractivity contribution in [2.45, 2.75) is 32.2 Å². The molecular formula is C23H25N3O5S. The molecular weight excluding hydrogens is 430 g/mol. The molecule has 1 saturated heterocycles. The van der Waals surface area contributed by atoms with E-state index in [9.17, 15) is 22.8 Å². The quantitative estimate of drug-likeness (QED) is 0.551. The molecule has 2 aliphatic heterocycles. The van der Waals surface area contributed by atoms with Crippen LogP contribution in [0.15, 0.2) is 42.5 Å². The number of aryl methyl sites for hydroxylation is 2. The topological polar surface area (TPSA) is 104 Å². The molecule has 3 amide bonds. The fourth-order valence-electron chi connectivity index (χ4n) is 4.24. The number of hydrogen-bond acceptors (Lipinski definition) is 5. The number of urea groups is 1. The van der Waals surface area contributed by atoms with E-state index in [1.54, 1.807) is 37.3 Å². The Bertz CT molecular complexity index is 1220. The highest BCUT2D eigenvalue weighted by Crippen LogP contribution is 2.31. The smallest absolute Gasteiger partial charge is 0.319 e. The number of imide groups is 1. The predicted molar refractivity (Wildman–Crippen MR) is 120 cm³/mol. The second-order valence-corrected chi connectivity index (χ2v) is 10.4. The van der Waals surface area contributed by atoms with E-state index >= 15 is 0 Å². The fraction of sp³-hybridized carbons (Fsp3) is 0.348. The first kappa shape index (κ1) is 22.0. The van der Waals surface area contributed by atoms with Crippen LogP contribution in [-0.4, -0.2) is 50.4 Å². The van der Waals surface area contributed by atoms with Gasteiger partial charge >= 0.3 is 6.03 Å². The minimum absolute atomic E-state index is 0.337. The zero-order valence-corrected chi connectivity index (χ0v) is 19.0. The number of nitrogens with zero attached hydrogens (tertiary/aromatic N) is 2. The molecule has 0 saturated carbocycles. The molecule has 32 heavy (non-hydrogen) atoms. The van der Waals surface area contributed by atoms with Gasteiger partial charge in [-0.15, -0.1) is 0 Å². The Balaban J connectivity index is 1.56. The van der Waals surface area contributed by atoms with E-state index < -0.39 is 27.5 Å². The van der Waals surface area contributed by atoms with Gasteiger partial charge in [-0.2, -0.15) is 0 Å². The summed E-state index contributed by atoms with van der Waals surface area (Å²) in [6.07, 6.45) is 2.46. The van der Waals surface area contributed by atoms with Crippen molar-refractivity contribution in [1.29, 1.82) is 0 Å². The predicted octanol–water partition coefficient (Wildman–Crippen LogP) is 2.36. The Morgan fingerprint density at radius 2 is 1.81 bits per heavy atom. The molecule has 2 aliphatic rings. The molecule has 0 unspecified atom stereocenters. The van der Waals surface area contributed by atoms with Crippen molar-refractivity contribution < 1.29 is 22.8 Å². The van der Waals surface area contributed by atoms with Gasteiger partial charge in [-0.25, -0.2) is 13.2 Å². The first-order valence-corrected chi connectivity index (χ1v) is 12.2. The molecule has 8 nitrogen and oxygen atoms in total. The number of sulfonamides is 1. The number of hydrogen-bond donors (Lipinski definition) is 1. The summed E-state index contributed by atoms with van der Waals surface area (Å²) in [5.74, 6) is -0.873. The summed E-state index contributed by atoms with van der Waals surface area (Å²) >= 11 is 0. The normalized spacial score (nSPS) is 20.8. The molecule has 1 N–H and O–H groups in total. The number of benzene rings is 2. The highest BCUT2D eigenvalue weighted by Gasteiger charge is 2.49. The van der Waals surface area contributed by atoms with E-state index in [4.69, 9.17) is 0 Å². The van der Waals surface area contributed by atoms with Gasteiger partial charge in [-0.3, -0.25) is 18.8 Å². The number of rotatable bonds is 5. The third-order valence-electron chi connectivity index (χ3n) is 6.08. The monoisotopic (exact) mass is 455 g/mol. The molecule has 9 heteroatoms. The molecule has 1 fully saturated rings. The lowest BCUT2D eigenvalue weighted by atomic mass is 9.91. The summed E-state index contributed by atoms with van der Waals surface area (Å²) in [4.78, 5) is 39.5. The van der Waals surface area contributed by atoms with Gasteiger partial charge in [0.25, 0.3) is 5.91 Å². The third-order valence-corrected chi connectivity index (χ3v) is 7.26. The summed E-state index contributed by atoms with van der Waals surface area (Å²) in [7, 11) is -3.41. The van der Waals surface area contributed by atoms with E-state index in [0.717, 1.165) is 22.3 Å². The summed E-state index contributed by atoms with van der Waals surface area (Å²) in [5.41, 5.74) is 2.10. The maximum atomic E-state index is 13.1. The number of nitrogens with one attached hydrogen (secondary N) is 1. The van der Waals surface area contributed by atoms with Crippen LogP contribution in [0.1, 0.15) is 40.4 Å². The highest BCUT2D eigenvalue weighted by molar-refractivity contribution is 7.92. The van der Waals surface area contributed by atoms with Gasteiger partial charge in [-0.1, -0.05) is 29.8 Å². The molecule has 0 bridgehead atoms. The van der Waals surface area contributed by atoms with Crippen molar-refractivity contribution in [3.05, 3.63) is 64.7 Å². The standard InChI is InChI=1S/C23H25N3O5S/c1-15-6-9-18(10-7-15)23(2)21(28)25(22(29)24-23)14-20(27)17-8-11-19-16(13-17)5-4-12-26(19)32(3,30)31/h6-11,13H,4-5,12,14H2,1-3H3,(H,24,29)/t23-/m0/s1. The Morgan fingerprint density at radius 3 is 2.47 bits per heavy atom. The first-order chi connectivity index (χ1) is 15.0. The molecule has 4 rings (SSSR count). The lowest BCUT2D eigenvalue weighted by Crippen LogP contribution is -2.41. The zero-order chi connectivity index (χ0) is 23.3. The van der Waals surface area contributed by atoms with Crippen LogP contribution in [0.2, 0.25) is 0 Å². The summed E-state index contributed by atoms with van der Waals surface area (Å²) in [6.45, 7) is 3.57.